The zero-order valence-corrected chi connectivity index (χ0v) is 11.4. The highest BCUT2D eigenvalue weighted by Crippen LogP contribution is 2.20. The van der Waals surface area contributed by atoms with Gasteiger partial charge in [-0.15, -0.1) is 0 Å². The maximum absolute atomic E-state index is 11.3. The molecule has 1 aliphatic rings. The first-order valence-electron chi connectivity index (χ1n) is 6.81. The number of carbonyl (C=O) groups excluding carboxylic acids is 1. The van der Waals surface area contributed by atoms with Crippen molar-refractivity contribution in [2.75, 3.05) is 7.11 Å². The third-order valence-corrected chi connectivity index (χ3v) is 3.50. The van der Waals surface area contributed by atoms with E-state index in [1.165, 1.54) is 20.0 Å². The lowest BCUT2D eigenvalue weighted by atomic mass is 10.1. The van der Waals surface area contributed by atoms with Gasteiger partial charge in [0.1, 0.15) is 0 Å². The van der Waals surface area contributed by atoms with Crippen LogP contribution in [0.25, 0.3) is 0 Å². The first kappa shape index (κ1) is 14.0. The maximum Gasteiger partial charge on any atom is 0.309 e. The first-order valence-corrected chi connectivity index (χ1v) is 6.81. The molecule has 0 bridgehead atoms. The summed E-state index contributed by atoms with van der Waals surface area (Å²) in [5.41, 5.74) is 5.08. The van der Waals surface area contributed by atoms with E-state index in [1.807, 2.05) is 24.3 Å². The number of rotatable bonds is 6. The minimum atomic E-state index is -0.218. The average Bonchev–Trinajstić information content (AvgIpc) is 2.94. The van der Waals surface area contributed by atoms with E-state index in [1.54, 1.807) is 0 Å². The number of carbonyl (C=O) groups is 1. The lowest BCUT2D eigenvalue weighted by Gasteiger charge is -2.13. The lowest BCUT2D eigenvalue weighted by molar-refractivity contribution is -0.139. The van der Waals surface area contributed by atoms with Crippen molar-refractivity contribution in [2.45, 2.75) is 44.8 Å². The second-order valence-electron chi connectivity index (χ2n) is 4.87. The van der Waals surface area contributed by atoms with E-state index in [0.29, 0.717) is 19.1 Å². The van der Waals surface area contributed by atoms with Crippen molar-refractivity contribution in [1.29, 1.82) is 0 Å². The van der Waals surface area contributed by atoms with Crippen LogP contribution in [0, 0.1) is 0 Å². The van der Waals surface area contributed by atoms with Crippen LogP contribution >= 0.6 is 0 Å². The van der Waals surface area contributed by atoms with Gasteiger partial charge in [0, 0.05) is 6.54 Å². The predicted molar refractivity (Wildman–Crippen MR) is 72.3 cm³/mol. The third-order valence-electron chi connectivity index (χ3n) is 3.50. The van der Waals surface area contributed by atoms with Crippen LogP contribution in [-0.4, -0.2) is 19.2 Å². The van der Waals surface area contributed by atoms with E-state index in [4.69, 9.17) is 9.57 Å². The molecule has 0 aliphatic heterocycles. The monoisotopic (exact) mass is 263 g/mol. The Morgan fingerprint density at radius 2 is 1.95 bits per heavy atom. The molecule has 0 atom stereocenters. The van der Waals surface area contributed by atoms with Gasteiger partial charge in [-0.3, -0.25) is 9.63 Å². The summed E-state index contributed by atoms with van der Waals surface area (Å²) in [5.74, 6) is -0.218. The van der Waals surface area contributed by atoms with E-state index in [2.05, 4.69) is 5.48 Å². The molecule has 0 unspecified atom stereocenters. The van der Waals surface area contributed by atoms with Crippen LogP contribution in [0.2, 0.25) is 0 Å². The fourth-order valence-corrected chi connectivity index (χ4v) is 2.37. The van der Waals surface area contributed by atoms with Crippen molar-refractivity contribution < 1.29 is 14.4 Å². The molecule has 0 saturated heterocycles. The molecular weight excluding hydrogens is 242 g/mol. The molecule has 1 aromatic rings. The topological polar surface area (TPSA) is 47.6 Å². The Balaban J connectivity index is 1.86. The zero-order valence-electron chi connectivity index (χ0n) is 11.4. The molecule has 0 amide bonds. The molecule has 4 heteroatoms. The Hall–Kier alpha value is -1.39. The first-order chi connectivity index (χ1) is 9.29. The quantitative estimate of drug-likeness (QED) is 0.632. The largest absolute Gasteiger partial charge is 0.469 e. The van der Waals surface area contributed by atoms with Gasteiger partial charge in [-0.05, 0) is 24.0 Å². The van der Waals surface area contributed by atoms with E-state index >= 15 is 0 Å². The second-order valence-corrected chi connectivity index (χ2v) is 4.87. The highest BCUT2D eigenvalue weighted by Gasteiger charge is 2.15. The standard InChI is InChI=1S/C15H21NO3/c1-18-15(17)10-12-6-2-3-7-13(12)11-16-19-14-8-4-5-9-14/h2-3,6-7,14,16H,4-5,8-11H2,1H3. The fourth-order valence-electron chi connectivity index (χ4n) is 2.37. The van der Waals surface area contributed by atoms with E-state index < -0.39 is 0 Å². The van der Waals surface area contributed by atoms with Crippen LogP contribution in [0.3, 0.4) is 0 Å². The number of hydrogen-bond acceptors (Lipinski definition) is 4. The van der Waals surface area contributed by atoms with Gasteiger partial charge in [-0.1, -0.05) is 37.1 Å². The summed E-state index contributed by atoms with van der Waals surface area (Å²) in [7, 11) is 1.41. The van der Waals surface area contributed by atoms with Crippen molar-refractivity contribution in [2.24, 2.45) is 0 Å². The summed E-state index contributed by atoms with van der Waals surface area (Å²) in [6.07, 6.45) is 5.43. The van der Waals surface area contributed by atoms with Crippen molar-refractivity contribution in [1.82, 2.24) is 5.48 Å². The minimum Gasteiger partial charge on any atom is -0.469 e. The van der Waals surface area contributed by atoms with Crippen LogP contribution in [0.1, 0.15) is 36.8 Å². The molecule has 0 aromatic heterocycles. The molecule has 1 saturated carbocycles. The summed E-state index contributed by atoms with van der Waals surface area (Å²) < 4.78 is 4.70. The lowest BCUT2D eigenvalue weighted by Crippen LogP contribution is -2.22. The summed E-state index contributed by atoms with van der Waals surface area (Å²) in [4.78, 5) is 17.0. The van der Waals surface area contributed by atoms with Crippen LogP contribution in [-0.2, 0) is 27.3 Å². The SMILES string of the molecule is COC(=O)Cc1ccccc1CNOC1CCCC1. The van der Waals surface area contributed by atoms with Crippen LogP contribution < -0.4 is 5.48 Å². The summed E-state index contributed by atoms with van der Waals surface area (Å²) in [5, 5.41) is 0. The highest BCUT2D eigenvalue weighted by molar-refractivity contribution is 5.72. The molecule has 0 radical (unpaired) electrons. The smallest absolute Gasteiger partial charge is 0.309 e. The zero-order chi connectivity index (χ0) is 13.5. The van der Waals surface area contributed by atoms with Crippen molar-refractivity contribution >= 4 is 5.97 Å². The van der Waals surface area contributed by atoms with E-state index in [9.17, 15) is 4.79 Å². The van der Waals surface area contributed by atoms with Crippen LogP contribution in [0.5, 0.6) is 0 Å². The average molecular weight is 263 g/mol. The summed E-state index contributed by atoms with van der Waals surface area (Å²) in [6, 6.07) is 7.85. The highest BCUT2D eigenvalue weighted by atomic mass is 16.7. The molecular formula is C15H21NO3. The van der Waals surface area contributed by atoms with Crippen molar-refractivity contribution in [3.8, 4) is 0 Å². The molecule has 1 aromatic carbocycles. The Morgan fingerprint density at radius 1 is 1.26 bits per heavy atom. The van der Waals surface area contributed by atoms with Gasteiger partial charge in [0.05, 0.1) is 19.6 Å². The van der Waals surface area contributed by atoms with Gasteiger partial charge < -0.3 is 4.74 Å². The molecule has 1 fully saturated rings. The molecule has 4 nitrogen and oxygen atoms in total. The van der Waals surface area contributed by atoms with Gasteiger partial charge in [0.2, 0.25) is 0 Å². The normalized spacial score (nSPS) is 15.6. The fraction of sp³-hybridized carbons (Fsp3) is 0.533. The third kappa shape index (κ3) is 4.33. The Kier molecular flexibility index (Phi) is 5.36. The van der Waals surface area contributed by atoms with Crippen molar-refractivity contribution in [3.05, 3.63) is 35.4 Å². The second kappa shape index (κ2) is 7.26. The number of benzene rings is 1. The van der Waals surface area contributed by atoms with Crippen molar-refractivity contribution in [3.63, 3.8) is 0 Å². The molecule has 0 spiro atoms. The van der Waals surface area contributed by atoms with Gasteiger partial charge in [0.25, 0.3) is 0 Å². The Labute approximate surface area is 114 Å². The number of hydroxylamine groups is 1. The number of nitrogens with one attached hydrogen (secondary N) is 1. The van der Waals surface area contributed by atoms with Gasteiger partial charge in [0.15, 0.2) is 0 Å². The predicted octanol–water partition coefficient (Wildman–Crippen LogP) is 2.37. The number of esters is 1. The van der Waals surface area contributed by atoms with Gasteiger partial charge in [-0.25, -0.2) is 0 Å². The van der Waals surface area contributed by atoms with Crippen LogP contribution in [0.15, 0.2) is 24.3 Å². The Morgan fingerprint density at radius 3 is 2.63 bits per heavy atom. The molecule has 104 valence electrons. The molecule has 2 rings (SSSR count). The van der Waals surface area contributed by atoms with Crippen LogP contribution in [0.4, 0.5) is 0 Å². The molecule has 0 heterocycles. The molecule has 1 aliphatic carbocycles. The Bertz CT molecular complexity index is 414. The molecule has 19 heavy (non-hydrogen) atoms. The van der Waals surface area contributed by atoms with Gasteiger partial charge >= 0.3 is 5.97 Å². The summed E-state index contributed by atoms with van der Waals surface area (Å²) >= 11 is 0. The van der Waals surface area contributed by atoms with E-state index in [0.717, 1.165) is 24.0 Å². The van der Waals surface area contributed by atoms with Gasteiger partial charge in [-0.2, -0.15) is 5.48 Å². The number of ether oxygens (including phenoxy) is 1. The molecule has 1 N–H and O–H groups in total. The van der Waals surface area contributed by atoms with E-state index in [-0.39, 0.29) is 5.97 Å². The number of methoxy groups -OCH3 is 1. The minimum absolute atomic E-state index is 0.218. The summed E-state index contributed by atoms with van der Waals surface area (Å²) in [6.45, 7) is 0.615. The number of hydrogen-bond donors (Lipinski definition) is 1. The maximum atomic E-state index is 11.3.